The molecule has 0 atom stereocenters. The number of hydrogen-bond acceptors (Lipinski definition) is 2. The molecule has 70 valence electrons. The van der Waals surface area contributed by atoms with Crippen LogP contribution < -0.4 is 5.32 Å². The maximum Gasteiger partial charge on any atom is 0.0859 e. The van der Waals surface area contributed by atoms with Crippen molar-refractivity contribution in [2.45, 2.75) is 13.3 Å². The van der Waals surface area contributed by atoms with Crippen LogP contribution in [0.15, 0.2) is 17.3 Å². The van der Waals surface area contributed by atoms with Crippen molar-refractivity contribution >= 4 is 6.34 Å². The molecular weight excluding hydrogens is 150 g/mol. The number of nitrogens with zero attached hydrogens (tertiary/aromatic N) is 2. The molecule has 0 spiro atoms. The Hall–Kier alpha value is -0.830. The molecule has 0 radical (unpaired) electrons. The Balaban J connectivity index is 3.24. The number of aliphatic imine (C=N–C) groups is 1. The second kappa shape index (κ2) is 8.27. The summed E-state index contributed by atoms with van der Waals surface area (Å²) < 4.78 is 0. The molecule has 12 heavy (non-hydrogen) atoms. The van der Waals surface area contributed by atoms with Gasteiger partial charge in [-0.15, -0.1) is 0 Å². The maximum absolute atomic E-state index is 3.79. The fourth-order valence-corrected chi connectivity index (χ4v) is 0.722. The first-order chi connectivity index (χ1) is 5.81. The molecule has 0 aromatic heterocycles. The first-order valence-corrected chi connectivity index (χ1v) is 4.31. The molecule has 0 fully saturated rings. The summed E-state index contributed by atoms with van der Waals surface area (Å²) in [6.07, 6.45) is 6.76. The van der Waals surface area contributed by atoms with Gasteiger partial charge in [0.25, 0.3) is 0 Å². The normalized spacial score (nSPS) is 12.0. The molecule has 0 amide bonds. The lowest BCUT2D eigenvalue weighted by atomic mass is 10.4. The number of hydrogen-bond donors (Lipinski definition) is 1. The summed E-state index contributed by atoms with van der Waals surface area (Å²) >= 11 is 0. The van der Waals surface area contributed by atoms with Crippen LogP contribution in [-0.2, 0) is 0 Å². The number of nitrogens with one attached hydrogen (secondary N) is 1. The van der Waals surface area contributed by atoms with E-state index < -0.39 is 0 Å². The first kappa shape index (κ1) is 11.2. The van der Waals surface area contributed by atoms with Crippen LogP contribution in [0.5, 0.6) is 0 Å². The third-order valence-corrected chi connectivity index (χ3v) is 1.64. The van der Waals surface area contributed by atoms with Gasteiger partial charge in [0.15, 0.2) is 0 Å². The van der Waals surface area contributed by atoms with Gasteiger partial charge in [-0.2, -0.15) is 0 Å². The fraction of sp³-hybridized carbons (Fsp3) is 0.667. The second-order valence-electron chi connectivity index (χ2n) is 2.64. The zero-order valence-electron chi connectivity index (χ0n) is 8.25. The van der Waals surface area contributed by atoms with Crippen LogP contribution in [0.1, 0.15) is 13.3 Å². The quantitative estimate of drug-likeness (QED) is 0.476. The molecular formula is C9H19N3. The first-order valence-electron chi connectivity index (χ1n) is 4.31. The maximum atomic E-state index is 3.79. The zero-order valence-corrected chi connectivity index (χ0v) is 8.25. The van der Waals surface area contributed by atoms with Gasteiger partial charge in [0.05, 0.1) is 6.34 Å². The fourth-order valence-electron chi connectivity index (χ4n) is 0.722. The Bertz CT molecular complexity index is 141. The lowest BCUT2D eigenvalue weighted by Gasteiger charge is -2.10. The largest absolute Gasteiger partial charge is 0.353 e. The lowest BCUT2D eigenvalue weighted by molar-refractivity contribution is 0.360. The van der Waals surface area contributed by atoms with Crippen molar-refractivity contribution in [3.8, 4) is 0 Å². The van der Waals surface area contributed by atoms with Crippen molar-refractivity contribution < 1.29 is 0 Å². The van der Waals surface area contributed by atoms with Crippen molar-refractivity contribution in [2.75, 3.05) is 27.2 Å². The Labute approximate surface area is 75.2 Å². The molecule has 1 N–H and O–H groups in total. The third-order valence-electron chi connectivity index (χ3n) is 1.64. The van der Waals surface area contributed by atoms with E-state index >= 15 is 0 Å². The van der Waals surface area contributed by atoms with Crippen LogP contribution in [0.3, 0.4) is 0 Å². The van der Waals surface area contributed by atoms with E-state index in [-0.39, 0.29) is 0 Å². The zero-order chi connectivity index (χ0) is 9.23. The highest BCUT2D eigenvalue weighted by Gasteiger charge is 1.88. The molecule has 0 unspecified atom stereocenters. The van der Waals surface area contributed by atoms with Crippen molar-refractivity contribution in [3.05, 3.63) is 12.3 Å². The van der Waals surface area contributed by atoms with Gasteiger partial charge in [-0.1, -0.05) is 13.0 Å². The average Bonchev–Trinajstić information content (AvgIpc) is 2.10. The van der Waals surface area contributed by atoms with Crippen LogP contribution in [0, 0.1) is 0 Å². The van der Waals surface area contributed by atoms with Gasteiger partial charge in [0, 0.05) is 13.6 Å². The minimum atomic E-state index is 1.08. The van der Waals surface area contributed by atoms with E-state index in [9.17, 15) is 0 Å². The summed E-state index contributed by atoms with van der Waals surface area (Å²) in [7, 11) is 3.86. The van der Waals surface area contributed by atoms with Crippen LogP contribution in [-0.4, -0.2) is 38.4 Å². The molecule has 0 aromatic rings. The van der Waals surface area contributed by atoms with Gasteiger partial charge in [-0.3, -0.25) is 4.99 Å². The van der Waals surface area contributed by atoms with Gasteiger partial charge in [-0.05, 0) is 26.2 Å². The topological polar surface area (TPSA) is 27.6 Å². The summed E-state index contributed by atoms with van der Waals surface area (Å²) in [5.74, 6) is 0. The van der Waals surface area contributed by atoms with Crippen molar-refractivity contribution in [1.29, 1.82) is 0 Å². The van der Waals surface area contributed by atoms with Gasteiger partial charge >= 0.3 is 0 Å². The van der Waals surface area contributed by atoms with E-state index in [0.717, 1.165) is 19.5 Å². The summed E-state index contributed by atoms with van der Waals surface area (Å²) in [5.41, 5.74) is 0. The monoisotopic (exact) mass is 169 g/mol. The van der Waals surface area contributed by atoms with E-state index in [2.05, 4.69) is 35.3 Å². The summed E-state index contributed by atoms with van der Waals surface area (Å²) in [6, 6.07) is 0. The predicted octanol–water partition coefficient (Wildman–Crippen LogP) is 1.09. The van der Waals surface area contributed by atoms with Gasteiger partial charge < -0.3 is 10.2 Å². The molecule has 0 saturated heterocycles. The van der Waals surface area contributed by atoms with E-state index in [1.807, 2.05) is 6.20 Å². The summed E-state index contributed by atoms with van der Waals surface area (Å²) in [5, 5.41) is 2.94. The number of rotatable bonds is 6. The molecule has 0 aliphatic heterocycles. The Morgan fingerprint density at radius 1 is 1.50 bits per heavy atom. The molecule has 3 heteroatoms. The molecule has 0 rings (SSSR count). The van der Waals surface area contributed by atoms with Crippen LogP contribution in [0.25, 0.3) is 0 Å². The predicted molar refractivity (Wildman–Crippen MR) is 54.5 cm³/mol. The van der Waals surface area contributed by atoms with Gasteiger partial charge in [-0.25, -0.2) is 0 Å². The van der Waals surface area contributed by atoms with Crippen LogP contribution in [0.2, 0.25) is 0 Å². The molecule has 0 heterocycles. The highest BCUT2D eigenvalue weighted by atomic mass is 15.1. The molecule has 0 bridgehead atoms. The SMILES string of the molecule is CCN(C)CC/C=C/NC=NC. The lowest BCUT2D eigenvalue weighted by Crippen LogP contribution is -2.18. The Morgan fingerprint density at radius 3 is 2.83 bits per heavy atom. The smallest absolute Gasteiger partial charge is 0.0859 e. The highest BCUT2D eigenvalue weighted by molar-refractivity contribution is 5.55. The third kappa shape index (κ3) is 7.28. The van der Waals surface area contributed by atoms with Gasteiger partial charge in [0.2, 0.25) is 0 Å². The Morgan fingerprint density at radius 2 is 2.25 bits per heavy atom. The minimum absolute atomic E-state index is 1.08. The minimum Gasteiger partial charge on any atom is -0.353 e. The highest BCUT2D eigenvalue weighted by Crippen LogP contribution is 1.86. The van der Waals surface area contributed by atoms with E-state index in [1.54, 1.807) is 13.4 Å². The van der Waals surface area contributed by atoms with Crippen LogP contribution >= 0.6 is 0 Å². The van der Waals surface area contributed by atoms with E-state index in [0.29, 0.717) is 0 Å². The van der Waals surface area contributed by atoms with Crippen molar-refractivity contribution in [1.82, 2.24) is 10.2 Å². The standard InChI is InChI=1S/C9H19N3/c1-4-12(3)8-6-5-7-11-9-10-2/h5,7,9H,4,6,8H2,1-3H3,(H,10,11)/b7-5+. The van der Waals surface area contributed by atoms with Gasteiger partial charge in [0.1, 0.15) is 0 Å². The Kier molecular flexibility index (Phi) is 7.70. The summed E-state index contributed by atoms with van der Waals surface area (Å²) in [6.45, 7) is 4.38. The summed E-state index contributed by atoms with van der Waals surface area (Å²) in [4.78, 5) is 6.06. The molecule has 0 aromatic carbocycles. The van der Waals surface area contributed by atoms with Crippen molar-refractivity contribution in [2.24, 2.45) is 4.99 Å². The molecule has 0 saturated carbocycles. The second-order valence-corrected chi connectivity index (χ2v) is 2.64. The molecule has 3 nitrogen and oxygen atoms in total. The molecule has 0 aliphatic carbocycles. The van der Waals surface area contributed by atoms with Crippen LogP contribution in [0.4, 0.5) is 0 Å². The van der Waals surface area contributed by atoms with E-state index in [1.165, 1.54) is 0 Å². The average molecular weight is 169 g/mol. The van der Waals surface area contributed by atoms with E-state index in [4.69, 9.17) is 0 Å². The molecule has 0 aliphatic rings. The van der Waals surface area contributed by atoms with Crippen molar-refractivity contribution in [3.63, 3.8) is 0 Å².